The fourth-order valence-electron chi connectivity index (χ4n) is 4.54. The van der Waals surface area contributed by atoms with E-state index in [0.717, 1.165) is 53.0 Å². The molecule has 0 spiro atoms. The van der Waals surface area contributed by atoms with Crippen LogP contribution in [0.4, 0.5) is 0 Å². The molecule has 1 atom stereocenters. The van der Waals surface area contributed by atoms with Gasteiger partial charge in [-0.1, -0.05) is 18.2 Å². The standard InChI is InChI=1S/C23H31N3O3S/c1-16(27)26-12-13-29-19(15-26)21-18-6-4-5-7-20(18)30-22(21)23(28)25(3)14-17-8-10-24(2)11-9-17/h4-7,17,19H,8-15H2,1-3H3/t19-/m1/s1. The summed E-state index contributed by atoms with van der Waals surface area (Å²) in [5, 5.41) is 1.06. The van der Waals surface area contributed by atoms with Gasteiger partial charge in [-0.2, -0.15) is 0 Å². The topological polar surface area (TPSA) is 53.1 Å². The number of likely N-dealkylation sites (tertiary alicyclic amines) is 1. The molecule has 0 bridgehead atoms. The maximum Gasteiger partial charge on any atom is 0.264 e. The highest BCUT2D eigenvalue weighted by Gasteiger charge is 2.32. The number of fused-ring (bicyclic) bond motifs is 1. The van der Waals surface area contributed by atoms with Crippen LogP contribution in [0.25, 0.3) is 10.1 Å². The highest BCUT2D eigenvalue weighted by molar-refractivity contribution is 7.21. The second kappa shape index (κ2) is 9.04. The van der Waals surface area contributed by atoms with Crippen LogP contribution < -0.4 is 0 Å². The van der Waals surface area contributed by atoms with Gasteiger partial charge in [0.25, 0.3) is 5.91 Å². The van der Waals surface area contributed by atoms with Gasteiger partial charge in [-0.05, 0) is 50.3 Å². The Morgan fingerprint density at radius 3 is 2.67 bits per heavy atom. The van der Waals surface area contributed by atoms with Gasteiger partial charge in [-0.15, -0.1) is 11.3 Å². The number of ether oxygens (including phenoxy) is 1. The normalized spacial score (nSPS) is 21.2. The van der Waals surface area contributed by atoms with E-state index in [1.54, 1.807) is 18.3 Å². The predicted molar refractivity (Wildman–Crippen MR) is 120 cm³/mol. The fourth-order valence-corrected chi connectivity index (χ4v) is 5.79. The number of benzene rings is 1. The van der Waals surface area contributed by atoms with E-state index in [0.29, 0.717) is 25.6 Å². The van der Waals surface area contributed by atoms with Gasteiger partial charge in [0.05, 0.1) is 18.0 Å². The van der Waals surface area contributed by atoms with Gasteiger partial charge in [0.1, 0.15) is 6.10 Å². The summed E-state index contributed by atoms with van der Waals surface area (Å²) in [6, 6.07) is 8.12. The molecule has 2 aliphatic heterocycles. The molecule has 0 N–H and O–H groups in total. The van der Waals surface area contributed by atoms with E-state index in [2.05, 4.69) is 24.1 Å². The Morgan fingerprint density at radius 2 is 1.93 bits per heavy atom. The van der Waals surface area contributed by atoms with Crippen molar-refractivity contribution in [3.8, 4) is 0 Å². The Kier molecular flexibility index (Phi) is 6.41. The van der Waals surface area contributed by atoms with Crippen LogP contribution in [0.5, 0.6) is 0 Å². The second-order valence-electron chi connectivity index (χ2n) is 8.60. The minimum absolute atomic E-state index is 0.0510. The molecule has 0 saturated carbocycles. The minimum Gasteiger partial charge on any atom is -0.370 e. The van der Waals surface area contributed by atoms with E-state index in [-0.39, 0.29) is 17.9 Å². The number of morpholine rings is 1. The molecule has 2 amide bonds. The van der Waals surface area contributed by atoms with E-state index < -0.39 is 0 Å². The molecule has 2 aromatic rings. The smallest absolute Gasteiger partial charge is 0.264 e. The van der Waals surface area contributed by atoms with Crippen LogP contribution >= 0.6 is 11.3 Å². The number of piperidine rings is 1. The van der Waals surface area contributed by atoms with E-state index in [9.17, 15) is 9.59 Å². The summed E-state index contributed by atoms with van der Waals surface area (Å²) >= 11 is 1.54. The SMILES string of the molecule is CC(=O)N1CCO[C@@H](c2c(C(=O)N(C)CC3CCN(C)CC3)sc3ccccc23)C1. The summed E-state index contributed by atoms with van der Waals surface area (Å²) in [5.74, 6) is 0.663. The maximum absolute atomic E-state index is 13.5. The third-order valence-electron chi connectivity index (χ3n) is 6.38. The Hall–Kier alpha value is -1.96. The number of carbonyl (C=O) groups is 2. The fraction of sp³-hybridized carbons (Fsp3) is 0.565. The minimum atomic E-state index is -0.269. The van der Waals surface area contributed by atoms with Gasteiger partial charge >= 0.3 is 0 Å². The van der Waals surface area contributed by atoms with Crippen LogP contribution in [-0.4, -0.2) is 79.9 Å². The predicted octanol–water partition coefficient (Wildman–Crippen LogP) is 3.23. The average molecular weight is 430 g/mol. The Bertz CT molecular complexity index is 920. The molecule has 1 aromatic heterocycles. The van der Waals surface area contributed by atoms with Crippen molar-refractivity contribution in [2.24, 2.45) is 5.92 Å². The molecule has 2 aliphatic rings. The second-order valence-corrected chi connectivity index (χ2v) is 9.65. The first-order valence-electron chi connectivity index (χ1n) is 10.8. The van der Waals surface area contributed by atoms with Crippen LogP contribution in [0.15, 0.2) is 24.3 Å². The van der Waals surface area contributed by atoms with Gasteiger partial charge in [0, 0.05) is 37.3 Å². The molecule has 7 heteroatoms. The number of hydrogen-bond donors (Lipinski definition) is 0. The van der Waals surface area contributed by atoms with Crippen LogP contribution in [-0.2, 0) is 9.53 Å². The van der Waals surface area contributed by atoms with E-state index >= 15 is 0 Å². The van der Waals surface area contributed by atoms with Crippen molar-refractivity contribution in [1.29, 1.82) is 0 Å². The molecule has 162 valence electrons. The monoisotopic (exact) mass is 429 g/mol. The van der Waals surface area contributed by atoms with Crippen molar-refractivity contribution < 1.29 is 14.3 Å². The number of hydrogen-bond acceptors (Lipinski definition) is 5. The first kappa shape index (κ1) is 21.3. The molecule has 1 aromatic carbocycles. The van der Waals surface area contributed by atoms with Crippen molar-refractivity contribution in [3.05, 3.63) is 34.7 Å². The van der Waals surface area contributed by atoms with Crippen molar-refractivity contribution in [2.75, 3.05) is 53.4 Å². The summed E-state index contributed by atoms with van der Waals surface area (Å²) in [7, 11) is 4.07. The summed E-state index contributed by atoms with van der Waals surface area (Å²) in [6.45, 7) is 6.16. The molecule has 2 saturated heterocycles. The lowest BCUT2D eigenvalue weighted by Crippen LogP contribution is -2.41. The Balaban J connectivity index is 1.61. The molecule has 4 rings (SSSR count). The van der Waals surface area contributed by atoms with E-state index in [1.165, 1.54) is 0 Å². The van der Waals surface area contributed by atoms with Gasteiger partial charge in [0.2, 0.25) is 5.91 Å². The van der Waals surface area contributed by atoms with Gasteiger partial charge in [-0.3, -0.25) is 9.59 Å². The third kappa shape index (κ3) is 4.38. The maximum atomic E-state index is 13.5. The van der Waals surface area contributed by atoms with Crippen LogP contribution in [0.1, 0.15) is 41.1 Å². The lowest BCUT2D eigenvalue weighted by molar-refractivity contribution is -0.136. The molecule has 3 heterocycles. The largest absolute Gasteiger partial charge is 0.370 e. The summed E-state index contributed by atoms with van der Waals surface area (Å²) in [5.41, 5.74) is 0.946. The molecular weight excluding hydrogens is 398 g/mol. The Labute approximate surface area is 182 Å². The van der Waals surface area contributed by atoms with E-state index in [1.807, 2.05) is 29.0 Å². The zero-order chi connectivity index (χ0) is 21.3. The van der Waals surface area contributed by atoms with Gasteiger partial charge in [0.15, 0.2) is 0 Å². The van der Waals surface area contributed by atoms with Gasteiger partial charge in [-0.25, -0.2) is 0 Å². The third-order valence-corrected chi connectivity index (χ3v) is 7.55. The number of rotatable bonds is 4. The summed E-state index contributed by atoms with van der Waals surface area (Å²) in [6.07, 6.45) is 1.99. The number of carbonyl (C=O) groups excluding carboxylic acids is 2. The molecule has 0 radical (unpaired) electrons. The van der Waals surface area contributed by atoms with Crippen LogP contribution in [0.2, 0.25) is 0 Å². The molecular formula is C23H31N3O3S. The highest BCUT2D eigenvalue weighted by atomic mass is 32.1. The summed E-state index contributed by atoms with van der Waals surface area (Å²) < 4.78 is 7.17. The quantitative estimate of drug-likeness (QED) is 0.749. The number of amides is 2. The lowest BCUT2D eigenvalue weighted by atomic mass is 9.96. The first-order valence-corrected chi connectivity index (χ1v) is 11.6. The average Bonchev–Trinajstić information content (AvgIpc) is 3.14. The van der Waals surface area contributed by atoms with Crippen molar-refractivity contribution in [2.45, 2.75) is 25.9 Å². The van der Waals surface area contributed by atoms with Gasteiger partial charge < -0.3 is 19.4 Å². The molecule has 30 heavy (non-hydrogen) atoms. The number of thiophene rings is 1. The lowest BCUT2D eigenvalue weighted by Gasteiger charge is -2.33. The molecule has 6 nitrogen and oxygen atoms in total. The first-order chi connectivity index (χ1) is 14.4. The summed E-state index contributed by atoms with van der Waals surface area (Å²) in [4.78, 5) is 32.3. The van der Waals surface area contributed by atoms with Crippen molar-refractivity contribution >= 4 is 33.2 Å². The zero-order valence-corrected chi connectivity index (χ0v) is 18.9. The number of nitrogens with zero attached hydrogens (tertiary/aromatic N) is 3. The molecule has 0 unspecified atom stereocenters. The zero-order valence-electron chi connectivity index (χ0n) is 18.1. The van der Waals surface area contributed by atoms with Crippen molar-refractivity contribution in [1.82, 2.24) is 14.7 Å². The van der Waals surface area contributed by atoms with Crippen molar-refractivity contribution in [3.63, 3.8) is 0 Å². The van der Waals surface area contributed by atoms with Crippen LogP contribution in [0, 0.1) is 5.92 Å². The molecule has 2 fully saturated rings. The Morgan fingerprint density at radius 1 is 1.20 bits per heavy atom. The van der Waals surface area contributed by atoms with E-state index in [4.69, 9.17) is 4.74 Å². The van der Waals surface area contributed by atoms with Crippen LogP contribution in [0.3, 0.4) is 0 Å². The highest BCUT2D eigenvalue weighted by Crippen LogP contribution is 2.39. The molecule has 0 aliphatic carbocycles.